The lowest BCUT2D eigenvalue weighted by Crippen LogP contribution is -2.34. The Labute approximate surface area is 135 Å². The average molecular weight is 323 g/mol. The lowest BCUT2D eigenvalue weighted by Gasteiger charge is -2.25. The minimum Gasteiger partial charge on any atom is -0.388 e. The van der Waals surface area contributed by atoms with Crippen molar-refractivity contribution in [3.63, 3.8) is 0 Å². The Morgan fingerprint density at radius 1 is 1.22 bits per heavy atom. The average Bonchev–Trinajstić information content (AvgIpc) is 2.50. The Balaban J connectivity index is 2.21. The highest BCUT2D eigenvalue weighted by atomic mass is 19.3. The number of rotatable bonds is 7. The van der Waals surface area contributed by atoms with Gasteiger partial charge in [-0.25, -0.2) is 18.7 Å². The first-order valence-corrected chi connectivity index (χ1v) is 7.79. The SMILES string of the molecule is CC(C)CC[C@@](C)(O)CNc1nc(C(F)F)nc2ccccc12. The molecule has 0 spiro atoms. The van der Waals surface area contributed by atoms with Gasteiger partial charge < -0.3 is 10.4 Å². The third kappa shape index (κ3) is 4.82. The van der Waals surface area contributed by atoms with E-state index < -0.39 is 17.9 Å². The zero-order valence-electron chi connectivity index (χ0n) is 13.7. The van der Waals surface area contributed by atoms with Gasteiger partial charge in [0.15, 0.2) is 5.82 Å². The molecule has 6 heteroatoms. The largest absolute Gasteiger partial charge is 0.388 e. The number of para-hydroxylation sites is 1. The van der Waals surface area contributed by atoms with Crippen molar-refractivity contribution >= 4 is 16.7 Å². The zero-order chi connectivity index (χ0) is 17.0. The summed E-state index contributed by atoms with van der Waals surface area (Å²) in [6.07, 6.45) is -1.22. The quantitative estimate of drug-likeness (QED) is 0.803. The van der Waals surface area contributed by atoms with Crippen LogP contribution in [0.25, 0.3) is 10.9 Å². The van der Waals surface area contributed by atoms with Crippen LogP contribution < -0.4 is 5.32 Å². The Bertz CT molecular complexity index is 659. The molecule has 23 heavy (non-hydrogen) atoms. The number of alkyl halides is 2. The van der Waals surface area contributed by atoms with Crippen LogP contribution in [-0.2, 0) is 0 Å². The topological polar surface area (TPSA) is 58.0 Å². The zero-order valence-corrected chi connectivity index (χ0v) is 13.7. The van der Waals surface area contributed by atoms with E-state index in [1.54, 1.807) is 31.2 Å². The summed E-state index contributed by atoms with van der Waals surface area (Å²) in [5.41, 5.74) is -0.469. The van der Waals surface area contributed by atoms with Crippen LogP contribution in [-0.4, -0.2) is 27.2 Å². The van der Waals surface area contributed by atoms with Gasteiger partial charge in [-0.2, -0.15) is 0 Å². The lowest BCUT2D eigenvalue weighted by molar-refractivity contribution is 0.0585. The molecule has 0 aliphatic rings. The predicted molar refractivity (Wildman–Crippen MR) is 87.7 cm³/mol. The van der Waals surface area contributed by atoms with Gasteiger partial charge in [-0.05, 0) is 37.8 Å². The standard InChI is InChI=1S/C17H23F2N3O/c1-11(2)8-9-17(3,23)10-20-15-12-6-4-5-7-13(12)21-16(22-15)14(18)19/h4-7,11,14,23H,8-10H2,1-3H3,(H,20,21,22)/t17-/m1/s1. The number of nitrogens with zero attached hydrogens (tertiary/aromatic N) is 2. The summed E-state index contributed by atoms with van der Waals surface area (Å²) in [6, 6.07) is 6.99. The molecule has 0 aliphatic carbocycles. The molecule has 0 radical (unpaired) electrons. The maximum absolute atomic E-state index is 13.0. The molecule has 2 rings (SSSR count). The molecule has 0 amide bonds. The van der Waals surface area contributed by atoms with Crippen LogP contribution in [0.4, 0.5) is 14.6 Å². The predicted octanol–water partition coefficient (Wildman–Crippen LogP) is 4.17. The summed E-state index contributed by atoms with van der Waals surface area (Å²) in [4.78, 5) is 7.79. The summed E-state index contributed by atoms with van der Waals surface area (Å²) in [5, 5.41) is 14.1. The second-order valence-electron chi connectivity index (χ2n) is 6.53. The van der Waals surface area contributed by atoms with Crippen LogP contribution in [0.2, 0.25) is 0 Å². The molecule has 2 aromatic rings. The fraction of sp³-hybridized carbons (Fsp3) is 0.529. The number of benzene rings is 1. The third-order valence-electron chi connectivity index (χ3n) is 3.71. The Hall–Kier alpha value is -1.82. The first-order valence-electron chi connectivity index (χ1n) is 7.79. The van der Waals surface area contributed by atoms with Gasteiger partial charge in [-0.15, -0.1) is 0 Å². The molecule has 4 nitrogen and oxygen atoms in total. The van der Waals surface area contributed by atoms with E-state index in [0.29, 0.717) is 29.1 Å². The van der Waals surface area contributed by atoms with Crippen LogP contribution in [0.5, 0.6) is 0 Å². The number of hydrogen-bond donors (Lipinski definition) is 2. The maximum Gasteiger partial charge on any atom is 0.297 e. The van der Waals surface area contributed by atoms with Gasteiger partial charge in [0.1, 0.15) is 5.82 Å². The van der Waals surface area contributed by atoms with E-state index in [2.05, 4.69) is 29.1 Å². The normalized spacial score (nSPS) is 14.4. The van der Waals surface area contributed by atoms with Gasteiger partial charge in [0, 0.05) is 11.9 Å². The summed E-state index contributed by atoms with van der Waals surface area (Å²) in [5.74, 6) is 0.315. The highest BCUT2D eigenvalue weighted by molar-refractivity contribution is 5.89. The van der Waals surface area contributed by atoms with Gasteiger partial charge in [0.2, 0.25) is 0 Å². The van der Waals surface area contributed by atoms with Crippen molar-refractivity contribution in [1.29, 1.82) is 0 Å². The van der Waals surface area contributed by atoms with Gasteiger partial charge >= 0.3 is 0 Å². The molecule has 0 aliphatic heterocycles. The van der Waals surface area contributed by atoms with Crippen LogP contribution in [0.1, 0.15) is 45.9 Å². The van der Waals surface area contributed by atoms with Crippen molar-refractivity contribution in [2.24, 2.45) is 5.92 Å². The molecular weight excluding hydrogens is 300 g/mol. The maximum atomic E-state index is 13.0. The van der Waals surface area contributed by atoms with E-state index in [9.17, 15) is 13.9 Å². The van der Waals surface area contributed by atoms with E-state index in [4.69, 9.17) is 0 Å². The molecule has 0 fully saturated rings. The van der Waals surface area contributed by atoms with Crippen LogP contribution in [0.15, 0.2) is 24.3 Å². The van der Waals surface area contributed by atoms with Crippen molar-refractivity contribution in [2.45, 2.75) is 45.6 Å². The Kier molecular flexibility index (Phi) is 5.46. The van der Waals surface area contributed by atoms with Gasteiger partial charge in [0.25, 0.3) is 6.43 Å². The lowest BCUT2D eigenvalue weighted by atomic mass is 9.95. The van der Waals surface area contributed by atoms with E-state index in [1.165, 1.54) is 0 Å². The number of halogens is 2. The number of fused-ring (bicyclic) bond motifs is 1. The second-order valence-corrected chi connectivity index (χ2v) is 6.53. The summed E-state index contributed by atoms with van der Waals surface area (Å²) in [6.45, 7) is 6.16. The van der Waals surface area contributed by atoms with Gasteiger partial charge in [0.05, 0.1) is 11.1 Å². The van der Waals surface area contributed by atoms with E-state index in [0.717, 1.165) is 6.42 Å². The fourth-order valence-electron chi connectivity index (χ4n) is 2.29. The molecule has 0 saturated carbocycles. The number of aliphatic hydroxyl groups is 1. The van der Waals surface area contributed by atoms with Crippen LogP contribution in [0, 0.1) is 5.92 Å². The van der Waals surface area contributed by atoms with Crippen molar-refractivity contribution in [2.75, 3.05) is 11.9 Å². The summed E-state index contributed by atoms with van der Waals surface area (Å²) in [7, 11) is 0. The summed E-state index contributed by atoms with van der Waals surface area (Å²) >= 11 is 0. The minimum absolute atomic E-state index is 0.239. The molecule has 0 unspecified atom stereocenters. The molecule has 0 bridgehead atoms. The third-order valence-corrected chi connectivity index (χ3v) is 3.71. The van der Waals surface area contributed by atoms with Crippen molar-refractivity contribution in [3.05, 3.63) is 30.1 Å². The number of nitrogens with one attached hydrogen (secondary N) is 1. The molecule has 1 atom stereocenters. The molecule has 1 aromatic heterocycles. The monoisotopic (exact) mass is 323 g/mol. The summed E-state index contributed by atoms with van der Waals surface area (Å²) < 4.78 is 25.9. The van der Waals surface area contributed by atoms with E-state index in [1.807, 2.05) is 0 Å². The first kappa shape index (κ1) is 17.5. The van der Waals surface area contributed by atoms with Crippen molar-refractivity contribution in [3.8, 4) is 0 Å². The fourth-order valence-corrected chi connectivity index (χ4v) is 2.29. The second kappa shape index (κ2) is 7.17. The molecule has 0 saturated heterocycles. The highest BCUT2D eigenvalue weighted by Crippen LogP contribution is 2.25. The molecule has 2 N–H and O–H groups in total. The number of aromatic nitrogens is 2. The van der Waals surface area contributed by atoms with Crippen molar-refractivity contribution < 1.29 is 13.9 Å². The first-order chi connectivity index (χ1) is 10.8. The molecule has 126 valence electrons. The Morgan fingerprint density at radius 3 is 2.57 bits per heavy atom. The number of hydrogen-bond acceptors (Lipinski definition) is 4. The van der Waals surface area contributed by atoms with Gasteiger partial charge in [-0.1, -0.05) is 26.0 Å². The number of anilines is 1. The van der Waals surface area contributed by atoms with Crippen LogP contribution >= 0.6 is 0 Å². The van der Waals surface area contributed by atoms with E-state index >= 15 is 0 Å². The molecule has 1 aromatic carbocycles. The van der Waals surface area contributed by atoms with Crippen LogP contribution in [0.3, 0.4) is 0 Å². The van der Waals surface area contributed by atoms with E-state index in [-0.39, 0.29) is 6.54 Å². The molecule has 1 heterocycles. The minimum atomic E-state index is -2.73. The van der Waals surface area contributed by atoms with Gasteiger partial charge in [-0.3, -0.25) is 0 Å². The van der Waals surface area contributed by atoms with Crippen molar-refractivity contribution in [1.82, 2.24) is 9.97 Å². The highest BCUT2D eigenvalue weighted by Gasteiger charge is 2.22. The Morgan fingerprint density at radius 2 is 1.91 bits per heavy atom. The molecular formula is C17H23F2N3O. The smallest absolute Gasteiger partial charge is 0.297 e.